The summed E-state index contributed by atoms with van der Waals surface area (Å²) in [7, 11) is 0. The minimum absolute atomic E-state index is 0. The van der Waals surface area contributed by atoms with E-state index in [9.17, 15) is 0 Å². The normalized spacial score (nSPS) is 8.92. The Morgan fingerprint density at radius 1 is 1.23 bits per heavy atom. The third kappa shape index (κ3) is 3.18. The van der Waals surface area contributed by atoms with Crippen LogP contribution in [-0.2, 0) is 6.54 Å². The minimum atomic E-state index is 0. The van der Waals surface area contributed by atoms with Gasteiger partial charge in [-0.2, -0.15) is 5.10 Å². The molecule has 0 aliphatic carbocycles. The molecule has 0 atom stereocenters. The smallest absolute Gasteiger partial charge is 0.0625 e. The highest BCUT2D eigenvalue weighted by Crippen LogP contribution is 2.09. The first-order chi connectivity index (χ1) is 5.16. The van der Waals surface area contributed by atoms with Gasteiger partial charge in [-0.15, -0.1) is 24.8 Å². The van der Waals surface area contributed by atoms with Crippen LogP contribution in [0.1, 0.15) is 17.0 Å². The summed E-state index contributed by atoms with van der Waals surface area (Å²) >= 11 is 0. The van der Waals surface area contributed by atoms with E-state index < -0.39 is 0 Å². The van der Waals surface area contributed by atoms with Gasteiger partial charge in [0.25, 0.3) is 0 Å². The summed E-state index contributed by atoms with van der Waals surface area (Å²) in [5, 5.41) is 4.34. The summed E-state index contributed by atoms with van der Waals surface area (Å²) in [6.45, 7) is 7.66. The Balaban J connectivity index is 0. The molecule has 0 fully saturated rings. The molecular weight excluding hydrogens is 209 g/mol. The van der Waals surface area contributed by atoms with E-state index in [2.05, 4.69) is 18.9 Å². The first-order valence-electron chi connectivity index (χ1n) is 3.87. The van der Waals surface area contributed by atoms with Crippen LogP contribution in [0.5, 0.6) is 0 Å². The maximum atomic E-state index is 5.43. The average Bonchev–Trinajstić information content (AvgIpc) is 2.19. The molecule has 0 bridgehead atoms. The summed E-state index contributed by atoms with van der Waals surface area (Å²) in [6, 6.07) is 0. The number of rotatable bonds is 2. The Morgan fingerprint density at radius 2 is 1.77 bits per heavy atom. The van der Waals surface area contributed by atoms with Gasteiger partial charge in [0.15, 0.2) is 0 Å². The van der Waals surface area contributed by atoms with Crippen LogP contribution in [0, 0.1) is 20.8 Å². The van der Waals surface area contributed by atoms with E-state index in [4.69, 9.17) is 5.73 Å². The van der Waals surface area contributed by atoms with Crippen molar-refractivity contribution in [1.29, 1.82) is 0 Å². The molecule has 0 spiro atoms. The molecule has 2 N–H and O–H groups in total. The molecule has 1 aromatic heterocycles. The Bertz CT molecular complexity index is 258. The molecule has 13 heavy (non-hydrogen) atoms. The molecule has 78 valence electrons. The molecule has 0 radical (unpaired) electrons. The molecule has 0 amide bonds. The monoisotopic (exact) mass is 225 g/mol. The second-order valence-electron chi connectivity index (χ2n) is 2.81. The summed E-state index contributed by atoms with van der Waals surface area (Å²) in [4.78, 5) is 0. The number of aryl methyl sites for hydroxylation is 1. The zero-order valence-electron chi connectivity index (χ0n) is 8.20. The zero-order valence-corrected chi connectivity index (χ0v) is 9.84. The molecule has 0 unspecified atom stereocenters. The molecule has 3 nitrogen and oxygen atoms in total. The van der Waals surface area contributed by atoms with Crippen LogP contribution >= 0.6 is 24.8 Å². The van der Waals surface area contributed by atoms with Crippen molar-refractivity contribution in [2.75, 3.05) is 6.54 Å². The van der Waals surface area contributed by atoms with Gasteiger partial charge in [0.05, 0.1) is 12.2 Å². The first kappa shape index (κ1) is 15.2. The number of aromatic nitrogens is 2. The lowest BCUT2D eigenvalue weighted by Crippen LogP contribution is -2.12. The standard InChI is InChI=1S/C8H15N3.2ClH/c1-6-7(2)10-11(5-4-9)8(6)3;;/h4-5,9H2,1-3H3;2*1H. The fourth-order valence-electron chi connectivity index (χ4n) is 1.13. The van der Waals surface area contributed by atoms with Gasteiger partial charge in [-0.05, 0) is 26.3 Å². The highest BCUT2D eigenvalue weighted by Gasteiger charge is 2.04. The fraction of sp³-hybridized carbons (Fsp3) is 0.625. The van der Waals surface area contributed by atoms with Crippen molar-refractivity contribution in [3.8, 4) is 0 Å². The summed E-state index contributed by atoms with van der Waals surface area (Å²) in [5.74, 6) is 0. The van der Waals surface area contributed by atoms with Crippen molar-refractivity contribution in [3.05, 3.63) is 17.0 Å². The molecule has 0 aliphatic rings. The maximum Gasteiger partial charge on any atom is 0.0625 e. The van der Waals surface area contributed by atoms with Gasteiger partial charge in [0.1, 0.15) is 0 Å². The Morgan fingerprint density at radius 3 is 2.08 bits per heavy atom. The number of hydrogen-bond acceptors (Lipinski definition) is 2. The molecule has 0 aromatic carbocycles. The van der Waals surface area contributed by atoms with Crippen LogP contribution in [0.25, 0.3) is 0 Å². The van der Waals surface area contributed by atoms with Crippen molar-refractivity contribution in [2.24, 2.45) is 5.73 Å². The van der Waals surface area contributed by atoms with Crippen LogP contribution < -0.4 is 5.73 Å². The van der Waals surface area contributed by atoms with Gasteiger partial charge in [-0.3, -0.25) is 4.68 Å². The van der Waals surface area contributed by atoms with E-state index in [1.54, 1.807) is 0 Å². The van der Waals surface area contributed by atoms with Crippen molar-refractivity contribution in [2.45, 2.75) is 27.3 Å². The third-order valence-corrected chi connectivity index (χ3v) is 2.08. The second kappa shape index (κ2) is 6.24. The number of nitrogens with two attached hydrogens (primary N) is 1. The van der Waals surface area contributed by atoms with Crippen LogP contribution in [-0.4, -0.2) is 16.3 Å². The lowest BCUT2D eigenvalue weighted by molar-refractivity contribution is 0.603. The van der Waals surface area contributed by atoms with Gasteiger partial charge >= 0.3 is 0 Å². The van der Waals surface area contributed by atoms with Gasteiger partial charge in [0, 0.05) is 12.2 Å². The highest BCUT2D eigenvalue weighted by molar-refractivity contribution is 5.85. The topological polar surface area (TPSA) is 43.8 Å². The zero-order chi connectivity index (χ0) is 8.43. The molecule has 0 saturated carbocycles. The molecule has 0 saturated heterocycles. The van der Waals surface area contributed by atoms with Gasteiger partial charge in [-0.1, -0.05) is 0 Å². The lowest BCUT2D eigenvalue weighted by Gasteiger charge is -2.00. The van der Waals surface area contributed by atoms with Crippen molar-refractivity contribution < 1.29 is 0 Å². The Hall–Kier alpha value is -0.250. The third-order valence-electron chi connectivity index (χ3n) is 2.08. The predicted octanol–water partition coefficient (Wildman–Crippen LogP) is 1.61. The first-order valence-corrected chi connectivity index (χ1v) is 3.87. The molecular formula is C8H17Cl2N3. The van der Waals surface area contributed by atoms with Crippen LogP contribution in [0.3, 0.4) is 0 Å². The minimum Gasteiger partial charge on any atom is -0.329 e. The predicted molar refractivity (Wildman–Crippen MR) is 60.0 cm³/mol. The largest absolute Gasteiger partial charge is 0.329 e. The van der Waals surface area contributed by atoms with Gasteiger partial charge in [0.2, 0.25) is 0 Å². The van der Waals surface area contributed by atoms with Crippen molar-refractivity contribution >= 4 is 24.8 Å². The summed E-state index contributed by atoms with van der Waals surface area (Å²) in [6.07, 6.45) is 0. The summed E-state index contributed by atoms with van der Waals surface area (Å²) < 4.78 is 1.96. The highest BCUT2D eigenvalue weighted by atomic mass is 35.5. The van der Waals surface area contributed by atoms with E-state index in [0.29, 0.717) is 6.54 Å². The van der Waals surface area contributed by atoms with E-state index in [1.165, 1.54) is 11.3 Å². The Kier molecular flexibility index (Phi) is 7.31. The number of halogens is 2. The van der Waals surface area contributed by atoms with E-state index in [1.807, 2.05) is 11.6 Å². The van der Waals surface area contributed by atoms with E-state index in [0.717, 1.165) is 12.2 Å². The van der Waals surface area contributed by atoms with Crippen LogP contribution in [0.2, 0.25) is 0 Å². The summed E-state index contributed by atoms with van der Waals surface area (Å²) in [5.41, 5.74) is 9.04. The second-order valence-corrected chi connectivity index (χ2v) is 2.81. The van der Waals surface area contributed by atoms with E-state index in [-0.39, 0.29) is 24.8 Å². The maximum absolute atomic E-state index is 5.43. The van der Waals surface area contributed by atoms with Gasteiger partial charge in [-0.25, -0.2) is 0 Å². The van der Waals surface area contributed by atoms with Crippen molar-refractivity contribution in [1.82, 2.24) is 9.78 Å². The Labute approximate surface area is 91.5 Å². The number of nitrogens with zero attached hydrogens (tertiary/aromatic N) is 2. The van der Waals surface area contributed by atoms with Crippen LogP contribution in [0.15, 0.2) is 0 Å². The molecule has 1 rings (SSSR count). The van der Waals surface area contributed by atoms with Crippen LogP contribution in [0.4, 0.5) is 0 Å². The lowest BCUT2D eigenvalue weighted by atomic mass is 10.2. The molecule has 1 heterocycles. The van der Waals surface area contributed by atoms with E-state index >= 15 is 0 Å². The van der Waals surface area contributed by atoms with Crippen molar-refractivity contribution in [3.63, 3.8) is 0 Å². The van der Waals surface area contributed by atoms with Gasteiger partial charge < -0.3 is 5.73 Å². The average molecular weight is 226 g/mol. The SMILES string of the molecule is Cc1nn(CCN)c(C)c1C.Cl.Cl. The number of hydrogen-bond donors (Lipinski definition) is 1. The molecule has 1 aromatic rings. The molecule has 0 aliphatic heterocycles. The molecule has 5 heteroatoms. The fourth-order valence-corrected chi connectivity index (χ4v) is 1.13. The quantitative estimate of drug-likeness (QED) is 0.832.